The van der Waals surface area contributed by atoms with Crippen molar-refractivity contribution in [3.8, 4) is 0 Å². The summed E-state index contributed by atoms with van der Waals surface area (Å²) in [5.74, 6) is -1.07. The van der Waals surface area contributed by atoms with E-state index in [0.717, 1.165) is 0 Å². The number of benzene rings is 3. The molecule has 154 valence electrons. The molecule has 0 unspecified atom stereocenters. The summed E-state index contributed by atoms with van der Waals surface area (Å²) in [4.78, 5) is 44.8. The first kappa shape index (κ1) is 19.5. The molecule has 0 bridgehead atoms. The quantitative estimate of drug-likeness (QED) is 0.309. The first-order valence-electron chi connectivity index (χ1n) is 8.88. The number of anilines is 4. The Labute approximate surface area is 174 Å². The van der Waals surface area contributed by atoms with E-state index in [4.69, 9.17) is 0 Å². The number of amides is 2. The highest BCUT2D eigenvalue weighted by Gasteiger charge is 2.28. The van der Waals surface area contributed by atoms with E-state index < -0.39 is 21.7 Å². The highest BCUT2D eigenvalue weighted by atomic mass is 16.6. The lowest BCUT2D eigenvalue weighted by Gasteiger charge is -2.15. The summed E-state index contributed by atoms with van der Waals surface area (Å²) in [6, 6.07) is 14.3. The second kappa shape index (κ2) is 7.55. The van der Waals surface area contributed by atoms with Gasteiger partial charge in [0.1, 0.15) is 0 Å². The molecule has 1 aliphatic heterocycles. The molecule has 0 aliphatic carbocycles. The molecule has 0 fully saturated rings. The third-order valence-electron chi connectivity index (χ3n) is 4.59. The number of fused-ring (bicyclic) bond motifs is 1. The number of nitrogens with one attached hydrogen (secondary N) is 3. The van der Waals surface area contributed by atoms with Crippen LogP contribution in [0.2, 0.25) is 0 Å². The van der Waals surface area contributed by atoms with Crippen molar-refractivity contribution < 1.29 is 19.4 Å². The zero-order chi connectivity index (χ0) is 22.1. The van der Waals surface area contributed by atoms with Gasteiger partial charge in [0.2, 0.25) is 0 Å². The van der Waals surface area contributed by atoms with Gasteiger partial charge in [-0.3, -0.25) is 35.1 Å². The van der Waals surface area contributed by atoms with Crippen LogP contribution in [0.3, 0.4) is 0 Å². The number of nitro benzene ring substituents is 2. The first-order chi connectivity index (χ1) is 14.8. The molecule has 4 rings (SSSR count). The normalized spacial score (nSPS) is 12.1. The highest BCUT2D eigenvalue weighted by Crippen LogP contribution is 2.34. The van der Waals surface area contributed by atoms with Crippen LogP contribution in [0.15, 0.2) is 60.7 Å². The van der Waals surface area contributed by atoms with E-state index in [1.165, 1.54) is 60.7 Å². The Morgan fingerprint density at radius 2 is 1.00 bits per heavy atom. The number of imide groups is 1. The van der Waals surface area contributed by atoms with Crippen LogP contribution < -0.4 is 16.0 Å². The lowest BCUT2D eigenvalue weighted by atomic mass is 10.1. The first-order valence-corrected chi connectivity index (χ1v) is 8.88. The largest absolute Gasteiger partial charge is 0.354 e. The molecule has 31 heavy (non-hydrogen) atoms. The van der Waals surface area contributed by atoms with Crippen LogP contribution in [0, 0.1) is 20.2 Å². The average Bonchev–Trinajstić information content (AvgIpc) is 3.02. The van der Waals surface area contributed by atoms with Gasteiger partial charge in [0, 0.05) is 35.6 Å². The van der Waals surface area contributed by atoms with Crippen LogP contribution in [0.1, 0.15) is 20.7 Å². The van der Waals surface area contributed by atoms with E-state index in [1.54, 1.807) is 0 Å². The third kappa shape index (κ3) is 3.87. The molecule has 1 aliphatic rings. The monoisotopic (exact) mass is 419 g/mol. The van der Waals surface area contributed by atoms with E-state index in [9.17, 15) is 29.8 Å². The number of carbonyl (C=O) groups is 2. The van der Waals surface area contributed by atoms with Crippen molar-refractivity contribution >= 4 is 45.9 Å². The average molecular weight is 419 g/mol. The van der Waals surface area contributed by atoms with Gasteiger partial charge in [-0.2, -0.15) is 0 Å². The standard InChI is InChI=1S/C20H13N5O6/c26-19-15-9-17(21-11-1-5-13(6-2-11)24(28)29)18(10-16(15)20(27)23-19)22-12-3-7-14(8-4-12)25(30)31/h1-10,21-22H,(H,23,26,27). The predicted molar refractivity (Wildman–Crippen MR) is 111 cm³/mol. The minimum atomic E-state index is -0.534. The zero-order valence-electron chi connectivity index (χ0n) is 15.6. The van der Waals surface area contributed by atoms with E-state index in [-0.39, 0.29) is 22.5 Å². The van der Waals surface area contributed by atoms with Gasteiger partial charge in [0.15, 0.2) is 0 Å². The smallest absolute Gasteiger partial charge is 0.269 e. The zero-order valence-corrected chi connectivity index (χ0v) is 15.6. The van der Waals surface area contributed by atoms with Crippen LogP contribution in [-0.4, -0.2) is 21.7 Å². The van der Waals surface area contributed by atoms with Crippen molar-refractivity contribution in [3.63, 3.8) is 0 Å². The summed E-state index contributed by atoms with van der Waals surface area (Å²) in [6.07, 6.45) is 0. The van der Waals surface area contributed by atoms with Gasteiger partial charge < -0.3 is 10.6 Å². The summed E-state index contributed by atoms with van der Waals surface area (Å²) in [5.41, 5.74) is 2.10. The lowest BCUT2D eigenvalue weighted by molar-refractivity contribution is -0.385. The topological polar surface area (TPSA) is 157 Å². The molecule has 0 saturated carbocycles. The molecule has 1 heterocycles. The number of carbonyl (C=O) groups excluding carboxylic acids is 2. The molecule has 0 atom stereocenters. The fourth-order valence-corrected chi connectivity index (χ4v) is 3.06. The summed E-state index contributed by atoms with van der Waals surface area (Å²) < 4.78 is 0. The summed E-state index contributed by atoms with van der Waals surface area (Å²) in [7, 11) is 0. The van der Waals surface area contributed by atoms with Gasteiger partial charge in [0.05, 0.1) is 32.3 Å². The molecular weight excluding hydrogens is 406 g/mol. The second-order valence-corrected chi connectivity index (χ2v) is 6.58. The van der Waals surface area contributed by atoms with Crippen molar-refractivity contribution in [2.75, 3.05) is 10.6 Å². The molecule has 11 nitrogen and oxygen atoms in total. The number of nitro groups is 2. The number of non-ortho nitro benzene ring substituents is 2. The Morgan fingerprint density at radius 3 is 1.32 bits per heavy atom. The van der Waals surface area contributed by atoms with Gasteiger partial charge in [0.25, 0.3) is 23.2 Å². The van der Waals surface area contributed by atoms with E-state index in [2.05, 4.69) is 16.0 Å². The second-order valence-electron chi connectivity index (χ2n) is 6.58. The molecular formula is C20H13N5O6. The van der Waals surface area contributed by atoms with Gasteiger partial charge in [-0.25, -0.2) is 0 Å². The predicted octanol–water partition coefficient (Wildman–Crippen LogP) is 3.87. The Balaban J connectivity index is 1.71. The number of rotatable bonds is 6. The Bertz CT molecular complexity index is 1140. The Kier molecular flexibility index (Phi) is 4.76. The summed E-state index contributed by atoms with van der Waals surface area (Å²) in [5, 5.41) is 30.0. The van der Waals surface area contributed by atoms with Crippen molar-refractivity contribution in [2.45, 2.75) is 0 Å². The molecule has 2 amide bonds. The summed E-state index contributed by atoms with van der Waals surface area (Å²) >= 11 is 0. The van der Waals surface area contributed by atoms with Crippen molar-refractivity contribution in [1.82, 2.24) is 5.32 Å². The molecule has 0 spiro atoms. The molecule has 3 aromatic rings. The van der Waals surface area contributed by atoms with Gasteiger partial charge in [-0.05, 0) is 36.4 Å². The summed E-state index contributed by atoms with van der Waals surface area (Å²) in [6.45, 7) is 0. The van der Waals surface area contributed by atoms with Crippen molar-refractivity contribution in [2.24, 2.45) is 0 Å². The minimum Gasteiger partial charge on any atom is -0.354 e. The number of hydrogen-bond acceptors (Lipinski definition) is 8. The van der Waals surface area contributed by atoms with Crippen LogP contribution in [-0.2, 0) is 0 Å². The van der Waals surface area contributed by atoms with Crippen molar-refractivity contribution in [1.29, 1.82) is 0 Å². The van der Waals surface area contributed by atoms with Crippen LogP contribution in [0.5, 0.6) is 0 Å². The van der Waals surface area contributed by atoms with Gasteiger partial charge >= 0.3 is 0 Å². The maximum absolute atomic E-state index is 12.1. The molecule has 3 N–H and O–H groups in total. The third-order valence-corrected chi connectivity index (χ3v) is 4.59. The van der Waals surface area contributed by atoms with Crippen molar-refractivity contribution in [3.05, 3.63) is 92.0 Å². The maximum Gasteiger partial charge on any atom is 0.269 e. The molecule has 3 aromatic carbocycles. The highest BCUT2D eigenvalue weighted by molar-refractivity contribution is 6.22. The Hall–Kier alpha value is -4.80. The maximum atomic E-state index is 12.1. The Morgan fingerprint density at radius 1 is 0.645 bits per heavy atom. The van der Waals surface area contributed by atoms with Crippen LogP contribution in [0.25, 0.3) is 0 Å². The molecule has 0 saturated heterocycles. The van der Waals surface area contributed by atoms with Crippen LogP contribution >= 0.6 is 0 Å². The van der Waals surface area contributed by atoms with E-state index in [1.807, 2.05) is 0 Å². The minimum absolute atomic E-state index is 0.0753. The molecule has 0 aromatic heterocycles. The number of nitrogens with zero attached hydrogens (tertiary/aromatic N) is 2. The number of hydrogen-bond donors (Lipinski definition) is 3. The van der Waals surface area contributed by atoms with Gasteiger partial charge in [-0.15, -0.1) is 0 Å². The van der Waals surface area contributed by atoms with E-state index >= 15 is 0 Å². The fraction of sp³-hybridized carbons (Fsp3) is 0. The van der Waals surface area contributed by atoms with Crippen LogP contribution in [0.4, 0.5) is 34.1 Å². The van der Waals surface area contributed by atoms with Gasteiger partial charge in [-0.1, -0.05) is 0 Å². The van der Waals surface area contributed by atoms with E-state index in [0.29, 0.717) is 22.7 Å². The lowest BCUT2D eigenvalue weighted by Crippen LogP contribution is -2.19. The molecule has 0 radical (unpaired) electrons. The SMILES string of the molecule is O=C1NC(=O)c2cc(Nc3ccc([N+](=O)[O-])cc3)c(Nc3ccc([N+](=O)[O-])cc3)cc21. The fourth-order valence-electron chi connectivity index (χ4n) is 3.06. The molecule has 11 heteroatoms.